The molecule has 0 spiro atoms. The van der Waals surface area contributed by atoms with E-state index in [2.05, 4.69) is 20.0 Å². The number of rotatable bonds is 4. The number of hydrogen-bond donors (Lipinski definition) is 2. The Balaban J connectivity index is 0. The van der Waals surface area contributed by atoms with E-state index in [1.165, 1.54) is 0 Å². The summed E-state index contributed by atoms with van der Waals surface area (Å²) in [6.45, 7) is 9.74. The van der Waals surface area contributed by atoms with Gasteiger partial charge >= 0.3 is 11.8 Å². The summed E-state index contributed by atoms with van der Waals surface area (Å²) in [5, 5.41) is 13.2. The van der Waals surface area contributed by atoms with E-state index in [0.29, 0.717) is 0 Å². The van der Waals surface area contributed by atoms with Gasteiger partial charge in [0.2, 0.25) is 11.6 Å². The molecule has 1 amide bonds. The van der Waals surface area contributed by atoms with Crippen LogP contribution in [0, 0.1) is 10.1 Å². The summed E-state index contributed by atoms with van der Waals surface area (Å²) in [7, 11) is 0. The van der Waals surface area contributed by atoms with Gasteiger partial charge in [0, 0.05) is 0 Å². The summed E-state index contributed by atoms with van der Waals surface area (Å²) in [5.41, 5.74) is 4.90. The molecule has 3 N–H and O–H groups in total. The van der Waals surface area contributed by atoms with Crippen LogP contribution >= 0.6 is 11.8 Å². The van der Waals surface area contributed by atoms with Crippen LogP contribution in [-0.2, 0) is 4.74 Å². The van der Waals surface area contributed by atoms with Crippen LogP contribution < -0.4 is 11.1 Å². The Bertz CT molecular complexity index is 485. The molecule has 0 bridgehead atoms. The molecule has 0 radical (unpaired) electrons. The fourth-order valence-corrected chi connectivity index (χ4v) is 1.45. The van der Waals surface area contributed by atoms with E-state index in [1.807, 2.05) is 27.7 Å². The number of carbonyl (C=O) groups excluding carboxylic acids is 1. The van der Waals surface area contributed by atoms with Crippen LogP contribution in [0.5, 0.6) is 0 Å². The van der Waals surface area contributed by atoms with Crippen LogP contribution in [0.3, 0.4) is 0 Å². The fraction of sp³-hybridized carbons (Fsp3) is 0.583. The van der Waals surface area contributed by atoms with Crippen molar-refractivity contribution in [3.05, 3.63) is 10.1 Å². The van der Waals surface area contributed by atoms with Crippen molar-refractivity contribution in [2.24, 2.45) is 0 Å². The van der Waals surface area contributed by atoms with Crippen molar-refractivity contribution in [3.63, 3.8) is 0 Å². The van der Waals surface area contributed by atoms with Crippen LogP contribution in [0.2, 0.25) is 0 Å². The number of thioether (sulfide) groups is 1. The van der Waals surface area contributed by atoms with Gasteiger partial charge < -0.3 is 10.5 Å². The van der Waals surface area contributed by atoms with Crippen LogP contribution in [-0.4, -0.2) is 33.8 Å². The number of nitrogens with one attached hydrogen (secondary N) is 1. The van der Waals surface area contributed by atoms with Gasteiger partial charge in [-0.3, -0.25) is 15.4 Å². The third kappa shape index (κ3) is 7.07. The van der Waals surface area contributed by atoms with Crippen molar-refractivity contribution in [3.8, 4) is 0 Å². The summed E-state index contributed by atoms with van der Waals surface area (Å²) in [6.07, 6.45) is 0.833. The van der Waals surface area contributed by atoms with Crippen molar-refractivity contribution in [2.45, 2.75) is 39.8 Å². The molecule has 1 aromatic heterocycles. The first-order valence-corrected chi connectivity index (χ1v) is 8.01. The monoisotopic (exact) mass is 333 g/mol. The fourth-order valence-electron chi connectivity index (χ4n) is 1.07. The van der Waals surface area contributed by atoms with Gasteiger partial charge in [-0.2, -0.15) is 9.97 Å². The number of anilines is 2. The van der Waals surface area contributed by atoms with Crippen molar-refractivity contribution < 1.29 is 14.5 Å². The number of aromatic nitrogens is 2. The normalized spacial score (nSPS) is 8.64. The molecule has 1 heterocycles. The number of ether oxygens (including phenoxy) is 1. The summed E-state index contributed by atoms with van der Waals surface area (Å²) < 4.78 is 4.61. The lowest BCUT2D eigenvalue weighted by Crippen LogP contribution is -2.17. The van der Waals surface area contributed by atoms with Gasteiger partial charge in [0.1, 0.15) is 0 Å². The third-order valence-corrected chi connectivity index (χ3v) is 2.30. The summed E-state index contributed by atoms with van der Waals surface area (Å²) in [5.74, 6) is -0.596. The maximum Gasteiger partial charge on any atom is 0.412 e. The average molecular weight is 333 g/mol. The Morgan fingerprint density at radius 1 is 1.36 bits per heavy atom. The van der Waals surface area contributed by atoms with Gasteiger partial charge in [0.05, 0.1) is 11.5 Å². The number of nitro groups is 1. The topological polar surface area (TPSA) is 133 Å². The first-order valence-electron chi connectivity index (χ1n) is 6.79. The van der Waals surface area contributed by atoms with Crippen molar-refractivity contribution in [1.82, 2.24) is 9.97 Å². The number of carbonyl (C=O) groups is 1. The predicted octanol–water partition coefficient (Wildman–Crippen LogP) is 3.31. The number of nitrogens with zero attached hydrogens (tertiary/aromatic N) is 3. The molecule has 126 valence electrons. The van der Waals surface area contributed by atoms with E-state index in [4.69, 9.17) is 5.73 Å². The van der Waals surface area contributed by atoms with Gasteiger partial charge in [-0.05, 0) is 13.2 Å². The highest BCUT2D eigenvalue weighted by atomic mass is 32.2. The molecule has 1 aromatic rings. The zero-order valence-electron chi connectivity index (χ0n) is 13.7. The van der Waals surface area contributed by atoms with E-state index >= 15 is 0 Å². The molecule has 9 nitrogen and oxygen atoms in total. The Hall–Kier alpha value is -2.10. The Labute approximate surface area is 134 Å². The van der Waals surface area contributed by atoms with E-state index in [0.717, 1.165) is 11.8 Å². The third-order valence-electron chi connectivity index (χ3n) is 1.75. The summed E-state index contributed by atoms with van der Waals surface area (Å²) in [4.78, 5) is 28.8. The Kier molecular flexibility index (Phi) is 12.7. The molecular weight excluding hydrogens is 310 g/mol. The molecule has 0 aliphatic heterocycles. The zero-order chi connectivity index (χ0) is 17.7. The Morgan fingerprint density at radius 2 is 1.91 bits per heavy atom. The molecule has 0 fully saturated rings. The molecular formula is C12H23N5O4S. The second-order valence-electron chi connectivity index (χ2n) is 2.90. The van der Waals surface area contributed by atoms with Gasteiger partial charge in [-0.1, -0.05) is 39.5 Å². The van der Waals surface area contributed by atoms with Crippen molar-refractivity contribution in [2.75, 3.05) is 23.9 Å². The number of amides is 1. The molecule has 0 unspecified atom stereocenters. The predicted molar refractivity (Wildman–Crippen MR) is 88.2 cm³/mol. The van der Waals surface area contributed by atoms with Crippen LogP contribution in [0.25, 0.3) is 0 Å². The minimum absolute atomic E-state index is 0.135. The quantitative estimate of drug-likeness (QED) is 0.371. The highest BCUT2D eigenvalue weighted by Gasteiger charge is 2.24. The second-order valence-corrected chi connectivity index (χ2v) is 3.67. The van der Waals surface area contributed by atoms with Crippen LogP contribution in [0.4, 0.5) is 22.1 Å². The van der Waals surface area contributed by atoms with Crippen LogP contribution in [0.15, 0.2) is 5.16 Å². The van der Waals surface area contributed by atoms with E-state index in [1.54, 1.807) is 13.2 Å². The minimum Gasteiger partial charge on any atom is -0.450 e. The largest absolute Gasteiger partial charge is 0.450 e. The maximum atomic E-state index is 11.2. The summed E-state index contributed by atoms with van der Waals surface area (Å²) >= 11 is 1.14. The lowest BCUT2D eigenvalue weighted by molar-refractivity contribution is -0.383. The lowest BCUT2D eigenvalue weighted by atomic mass is 10.4. The van der Waals surface area contributed by atoms with Crippen LogP contribution in [0.1, 0.15) is 34.6 Å². The first kappa shape index (κ1) is 22.2. The zero-order valence-corrected chi connectivity index (χ0v) is 14.5. The highest BCUT2D eigenvalue weighted by Crippen LogP contribution is 2.29. The van der Waals surface area contributed by atoms with E-state index in [9.17, 15) is 14.9 Å². The molecule has 0 aromatic carbocycles. The molecule has 0 atom stereocenters. The number of nitrogens with two attached hydrogens (primary N) is 1. The average Bonchev–Trinajstić information content (AvgIpc) is 2.50. The minimum atomic E-state index is -0.842. The SMILES string of the molecule is CC.CC.CCOC(=O)Nc1nc(SC)nc(N)c1[N+](=O)[O-]. The van der Waals surface area contributed by atoms with E-state index < -0.39 is 16.7 Å². The number of nitrogen functional groups attached to an aromatic ring is 1. The molecule has 0 aliphatic carbocycles. The Morgan fingerprint density at radius 3 is 2.32 bits per heavy atom. The molecule has 22 heavy (non-hydrogen) atoms. The first-order chi connectivity index (χ1) is 10.5. The maximum absolute atomic E-state index is 11.2. The molecule has 0 saturated carbocycles. The molecule has 0 saturated heterocycles. The van der Waals surface area contributed by atoms with Crippen molar-refractivity contribution in [1.29, 1.82) is 0 Å². The standard InChI is InChI=1S/C8H11N5O4S.2C2H6/c1-3-17-8(14)12-6-4(13(15)16)5(9)10-7(11-6)18-2;2*1-2/h3H2,1-2H3,(H3,9,10,11,12,14);2*1-2H3. The molecule has 0 aliphatic rings. The van der Waals surface area contributed by atoms with Gasteiger partial charge in [0.25, 0.3) is 0 Å². The highest BCUT2D eigenvalue weighted by molar-refractivity contribution is 7.98. The molecule has 10 heteroatoms. The van der Waals surface area contributed by atoms with Gasteiger partial charge in [-0.25, -0.2) is 4.79 Å². The molecule has 1 rings (SSSR count). The summed E-state index contributed by atoms with van der Waals surface area (Å²) in [6, 6.07) is 0. The van der Waals surface area contributed by atoms with E-state index in [-0.39, 0.29) is 23.4 Å². The van der Waals surface area contributed by atoms with Crippen molar-refractivity contribution >= 4 is 35.2 Å². The number of hydrogen-bond acceptors (Lipinski definition) is 8. The lowest BCUT2D eigenvalue weighted by Gasteiger charge is -2.07. The second kappa shape index (κ2) is 12.6. The van der Waals surface area contributed by atoms with Gasteiger partial charge in [0.15, 0.2) is 5.16 Å². The van der Waals surface area contributed by atoms with Gasteiger partial charge in [-0.15, -0.1) is 0 Å². The smallest absolute Gasteiger partial charge is 0.412 e.